The summed E-state index contributed by atoms with van der Waals surface area (Å²) in [6, 6.07) is 20.1. The van der Waals surface area contributed by atoms with Gasteiger partial charge in [-0.3, -0.25) is 9.59 Å². The number of carbonyl (C=O) groups excluding carboxylic acids is 2. The van der Waals surface area contributed by atoms with Gasteiger partial charge in [-0.15, -0.1) is 0 Å². The van der Waals surface area contributed by atoms with Crippen molar-refractivity contribution in [2.24, 2.45) is 11.7 Å². The minimum absolute atomic E-state index is 0.0353. The number of nitrogens with one attached hydrogen (secondary N) is 3. The standard InChI is InChI=1S/C44H61BrN6O5/c1-29(2)24-38(51-44(54)41(52)36(46)25-32-18-13-12-14-19-32)43(53)47-22-15-10-8-6-7-9-11-16-23-56-40-28-37-35(27-39(40)55-5)42(50-31(4)49-37)48-30(3)33-20-17-21-34(45)26-33/h12-14,17-21,26-30,36,38,41,52H,6-11,15-16,22-25,46H2,1-5H3,(H,47,53)(H,51,54)(H,48,49,50)/t30-,36-,38+,41+/m1/s1. The largest absolute Gasteiger partial charge is 0.493 e. The zero-order valence-corrected chi connectivity index (χ0v) is 35.2. The van der Waals surface area contributed by atoms with Gasteiger partial charge in [0.25, 0.3) is 5.91 Å². The molecule has 0 fully saturated rings. The quantitative estimate of drug-likeness (QED) is 0.0442. The molecule has 0 saturated heterocycles. The smallest absolute Gasteiger partial charge is 0.251 e. The predicted octanol–water partition coefficient (Wildman–Crippen LogP) is 7.96. The Kier molecular flexibility index (Phi) is 18.3. The van der Waals surface area contributed by atoms with Crippen LogP contribution in [0.2, 0.25) is 0 Å². The Morgan fingerprint density at radius 1 is 0.857 bits per heavy atom. The number of unbranched alkanes of at least 4 members (excludes halogenated alkanes) is 7. The number of aliphatic hydroxyl groups excluding tert-OH is 1. The normalized spacial score (nSPS) is 13.5. The first-order chi connectivity index (χ1) is 26.9. The number of amides is 2. The lowest BCUT2D eigenvalue weighted by molar-refractivity contribution is -0.135. The Morgan fingerprint density at radius 2 is 1.55 bits per heavy atom. The van der Waals surface area contributed by atoms with Gasteiger partial charge in [0, 0.05) is 28.5 Å². The van der Waals surface area contributed by atoms with Crippen molar-refractivity contribution in [3.8, 4) is 11.5 Å². The summed E-state index contributed by atoms with van der Waals surface area (Å²) < 4.78 is 12.9. The molecule has 0 aliphatic rings. The maximum atomic E-state index is 13.0. The van der Waals surface area contributed by atoms with Crippen molar-refractivity contribution in [2.45, 2.75) is 116 Å². The first-order valence-electron chi connectivity index (χ1n) is 20.0. The average Bonchev–Trinajstić information content (AvgIpc) is 3.17. The molecule has 304 valence electrons. The van der Waals surface area contributed by atoms with Crippen molar-refractivity contribution in [3.05, 3.63) is 88.2 Å². The number of hydrogen-bond acceptors (Lipinski definition) is 9. The number of anilines is 1. The number of nitrogens with two attached hydrogens (primary N) is 1. The van der Waals surface area contributed by atoms with E-state index in [-0.39, 0.29) is 17.9 Å². The van der Waals surface area contributed by atoms with Crippen LogP contribution >= 0.6 is 15.9 Å². The van der Waals surface area contributed by atoms with E-state index in [1.165, 1.54) is 0 Å². The van der Waals surface area contributed by atoms with Gasteiger partial charge in [-0.2, -0.15) is 0 Å². The number of fused-ring (bicyclic) bond motifs is 1. The second-order valence-electron chi connectivity index (χ2n) is 15.0. The number of hydrogen-bond donors (Lipinski definition) is 5. The molecule has 6 N–H and O–H groups in total. The number of aliphatic hydroxyl groups is 1. The summed E-state index contributed by atoms with van der Waals surface area (Å²) in [5, 5.41) is 20.7. The molecule has 11 nitrogen and oxygen atoms in total. The zero-order chi connectivity index (χ0) is 40.5. The van der Waals surface area contributed by atoms with Crippen molar-refractivity contribution in [3.63, 3.8) is 0 Å². The summed E-state index contributed by atoms with van der Waals surface area (Å²) in [6.45, 7) is 9.13. The van der Waals surface area contributed by atoms with Crippen molar-refractivity contribution in [2.75, 3.05) is 25.6 Å². The van der Waals surface area contributed by atoms with Crippen LogP contribution in [0.1, 0.15) is 102 Å². The Hall–Kier alpha value is -4.26. The summed E-state index contributed by atoms with van der Waals surface area (Å²) in [5.74, 6) is 2.09. The topological polar surface area (TPSA) is 161 Å². The summed E-state index contributed by atoms with van der Waals surface area (Å²) >= 11 is 3.56. The minimum atomic E-state index is -1.41. The van der Waals surface area contributed by atoms with Gasteiger partial charge in [-0.05, 0) is 74.8 Å². The van der Waals surface area contributed by atoms with Gasteiger partial charge in [0.1, 0.15) is 23.8 Å². The van der Waals surface area contributed by atoms with E-state index in [1.807, 2.05) is 75.4 Å². The fraction of sp³-hybridized carbons (Fsp3) is 0.500. The van der Waals surface area contributed by atoms with Crippen LogP contribution in [0, 0.1) is 12.8 Å². The van der Waals surface area contributed by atoms with Crippen molar-refractivity contribution < 1.29 is 24.2 Å². The summed E-state index contributed by atoms with van der Waals surface area (Å²) in [6.07, 6.45) is 7.82. The van der Waals surface area contributed by atoms with Gasteiger partial charge in [0.05, 0.1) is 25.3 Å². The summed E-state index contributed by atoms with van der Waals surface area (Å²) in [5.41, 5.74) is 9.02. The van der Waals surface area contributed by atoms with Gasteiger partial charge < -0.3 is 36.3 Å². The molecule has 0 saturated carbocycles. The second kappa shape index (κ2) is 23.1. The third-order valence-corrected chi connectivity index (χ3v) is 10.2. The predicted molar refractivity (Wildman–Crippen MR) is 228 cm³/mol. The molecule has 0 unspecified atom stereocenters. The molecule has 4 aromatic rings. The first kappa shape index (κ1) is 44.5. The highest BCUT2D eigenvalue weighted by atomic mass is 79.9. The molecule has 56 heavy (non-hydrogen) atoms. The summed E-state index contributed by atoms with van der Waals surface area (Å²) in [4.78, 5) is 35.2. The van der Waals surface area contributed by atoms with E-state index in [2.05, 4.69) is 55.9 Å². The van der Waals surface area contributed by atoms with E-state index < -0.39 is 24.1 Å². The molecule has 0 aliphatic heterocycles. The lowest BCUT2D eigenvalue weighted by Gasteiger charge is -2.24. The molecule has 0 radical (unpaired) electrons. The number of aryl methyl sites for hydroxylation is 1. The van der Waals surface area contributed by atoms with E-state index in [0.717, 1.165) is 83.7 Å². The van der Waals surface area contributed by atoms with Gasteiger partial charge >= 0.3 is 0 Å². The van der Waals surface area contributed by atoms with E-state index in [1.54, 1.807) is 7.11 Å². The van der Waals surface area contributed by atoms with E-state index in [0.29, 0.717) is 43.3 Å². The number of ether oxygens (including phenoxy) is 2. The Labute approximate surface area is 341 Å². The number of carbonyl (C=O) groups is 2. The number of nitrogens with zero attached hydrogens (tertiary/aromatic N) is 2. The molecule has 0 aliphatic carbocycles. The fourth-order valence-electron chi connectivity index (χ4n) is 6.66. The van der Waals surface area contributed by atoms with Crippen LogP contribution in [-0.4, -0.2) is 65.3 Å². The Morgan fingerprint density at radius 3 is 2.23 bits per heavy atom. The van der Waals surface area contributed by atoms with Gasteiger partial charge in [0.2, 0.25) is 5.91 Å². The average molecular weight is 834 g/mol. The van der Waals surface area contributed by atoms with E-state index in [9.17, 15) is 14.7 Å². The lowest BCUT2D eigenvalue weighted by Crippen LogP contribution is -2.54. The number of rotatable bonds is 24. The van der Waals surface area contributed by atoms with Crippen LogP contribution in [0.3, 0.4) is 0 Å². The van der Waals surface area contributed by atoms with E-state index >= 15 is 0 Å². The maximum absolute atomic E-state index is 13.0. The molecular weight excluding hydrogens is 772 g/mol. The van der Waals surface area contributed by atoms with Gasteiger partial charge in [-0.1, -0.05) is 111 Å². The Balaban J connectivity index is 1.11. The fourth-order valence-corrected chi connectivity index (χ4v) is 7.07. The van der Waals surface area contributed by atoms with Crippen molar-refractivity contribution >= 4 is 44.5 Å². The molecule has 1 aromatic heterocycles. The third-order valence-electron chi connectivity index (χ3n) is 9.75. The highest BCUT2D eigenvalue weighted by Gasteiger charge is 2.28. The molecule has 0 spiro atoms. The highest BCUT2D eigenvalue weighted by molar-refractivity contribution is 9.10. The monoisotopic (exact) mass is 832 g/mol. The lowest BCUT2D eigenvalue weighted by atomic mass is 9.99. The molecule has 12 heteroatoms. The van der Waals surface area contributed by atoms with Crippen molar-refractivity contribution in [1.82, 2.24) is 20.6 Å². The van der Waals surface area contributed by atoms with Crippen LogP contribution < -0.4 is 31.2 Å². The van der Waals surface area contributed by atoms with Crippen LogP contribution in [0.25, 0.3) is 10.9 Å². The number of aromatic nitrogens is 2. The third kappa shape index (κ3) is 14.4. The van der Waals surface area contributed by atoms with Gasteiger partial charge in [-0.25, -0.2) is 9.97 Å². The molecule has 1 heterocycles. The molecule has 4 atom stereocenters. The van der Waals surface area contributed by atoms with Crippen molar-refractivity contribution in [1.29, 1.82) is 0 Å². The molecule has 2 amide bonds. The van der Waals surface area contributed by atoms with Crippen LogP contribution in [0.15, 0.2) is 71.2 Å². The van der Waals surface area contributed by atoms with E-state index in [4.69, 9.17) is 20.2 Å². The van der Waals surface area contributed by atoms with Crippen LogP contribution in [-0.2, 0) is 16.0 Å². The Bertz CT molecular complexity index is 1830. The second-order valence-corrected chi connectivity index (χ2v) is 15.9. The number of halogens is 1. The summed E-state index contributed by atoms with van der Waals surface area (Å²) in [7, 11) is 1.65. The molecule has 0 bridgehead atoms. The molecule has 3 aromatic carbocycles. The first-order valence-corrected chi connectivity index (χ1v) is 20.8. The van der Waals surface area contributed by atoms with Crippen LogP contribution in [0.5, 0.6) is 11.5 Å². The maximum Gasteiger partial charge on any atom is 0.251 e. The van der Waals surface area contributed by atoms with Gasteiger partial charge in [0.15, 0.2) is 11.5 Å². The zero-order valence-electron chi connectivity index (χ0n) is 33.7. The number of methoxy groups -OCH3 is 1. The molecule has 4 rings (SSSR count). The molecular formula is C44H61BrN6O5. The number of benzene rings is 3. The highest BCUT2D eigenvalue weighted by Crippen LogP contribution is 2.35. The van der Waals surface area contributed by atoms with Crippen LogP contribution in [0.4, 0.5) is 5.82 Å². The SMILES string of the molecule is COc1cc2c(N[C@H](C)c3cccc(Br)c3)nc(C)nc2cc1OCCCCCCCCCCNC(=O)[C@H](CC(C)C)NC(=O)[C@@H](O)[C@H](N)Cc1ccccc1. The minimum Gasteiger partial charge on any atom is -0.493 e.